The normalized spacial score (nSPS) is 15.2. The molecule has 0 aliphatic carbocycles. The van der Waals surface area contributed by atoms with Crippen LogP contribution in [0.2, 0.25) is 0 Å². The zero-order valence-corrected chi connectivity index (χ0v) is 18.1. The highest BCUT2D eigenvalue weighted by molar-refractivity contribution is 6.38. The van der Waals surface area contributed by atoms with E-state index in [1.807, 2.05) is 13.8 Å². The molecule has 0 radical (unpaired) electrons. The van der Waals surface area contributed by atoms with Crippen LogP contribution in [0, 0.1) is 0 Å². The topological polar surface area (TPSA) is 128 Å². The number of nitrogens with zero attached hydrogens (tertiary/aromatic N) is 4. The molecule has 1 saturated heterocycles. The van der Waals surface area contributed by atoms with Crippen molar-refractivity contribution in [1.29, 1.82) is 0 Å². The molecule has 0 bridgehead atoms. The Kier molecular flexibility index (Phi) is 7.04. The third kappa shape index (κ3) is 5.02. The van der Waals surface area contributed by atoms with E-state index in [9.17, 15) is 19.5 Å². The van der Waals surface area contributed by atoms with Crippen LogP contribution in [0.1, 0.15) is 44.0 Å². The highest BCUT2D eigenvalue weighted by Crippen LogP contribution is 2.27. The number of imide groups is 1. The lowest BCUT2D eigenvalue weighted by atomic mass is 10.1. The van der Waals surface area contributed by atoms with Gasteiger partial charge in [0.2, 0.25) is 5.89 Å². The molecule has 0 spiro atoms. The van der Waals surface area contributed by atoms with E-state index in [1.165, 1.54) is 11.1 Å². The van der Waals surface area contributed by atoms with Gasteiger partial charge in [0.1, 0.15) is 6.04 Å². The highest BCUT2D eigenvalue weighted by atomic mass is 16.5. The second-order valence-electron chi connectivity index (χ2n) is 7.36. The van der Waals surface area contributed by atoms with Crippen molar-refractivity contribution in [1.82, 2.24) is 20.1 Å². The molecular weight excluding hydrogens is 414 g/mol. The number of hydrogen-bond acceptors (Lipinski definition) is 7. The van der Waals surface area contributed by atoms with E-state index in [4.69, 9.17) is 4.42 Å². The molecule has 1 aromatic carbocycles. The summed E-state index contributed by atoms with van der Waals surface area (Å²) >= 11 is 0. The molecule has 1 fully saturated rings. The van der Waals surface area contributed by atoms with Gasteiger partial charge in [-0.05, 0) is 26.3 Å². The van der Waals surface area contributed by atoms with Crippen molar-refractivity contribution < 1.29 is 23.9 Å². The number of benzene rings is 1. The lowest BCUT2D eigenvalue weighted by molar-refractivity contribution is -0.153. The predicted molar refractivity (Wildman–Crippen MR) is 116 cm³/mol. The largest absolute Gasteiger partial charge is 0.479 e. The zero-order valence-electron chi connectivity index (χ0n) is 18.1. The number of aromatic nitrogens is 1. The van der Waals surface area contributed by atoms with E-state index >= 15 is 0 Å². The second-order valence-corrected chi connectivity index (χ2v) is 7.36. The Labute approximate surface area is 185 Å². The molecule has 3 rings (SSSR count). The van der Waals surface area contributed by atoms with Gasteiger partial charge in [-0.3, -0.25) is 19.5 Å². The summed E-state index contributed by atoms with van der Waals surface area (Å²) < 4.78 is 5.40. The van der Waals surface area contributed by atoms with Gasteiger partial charge in [0.15, 0.2) is 5.69 Å². The van der Waals surface area contributed by atoms with E-state index < -0.39 is 29.8 Å². The number of oxazole rings is 1. The molecule has 1 atom stereocenters. The first-order valence-electron chi connectivity index (χ1n) is 10.1. The highest BCUT2D eigenvalue weighted by Gasteiger charge is 2.37. The number of allylic oxidation sites excluding steroid dienone is 1. The number of carbonyl (C=O) groups excluding carboxylic acids is 3. The minimum Gasteiger partial charge on any atom is -0.479 e. The van der Waals surface area contributed by atoms with Gasteiger partial charge in [-0.15, -0.1) is 0 Å². The summed E-state index contributed by atoms with van der Waals surface area (Å²) in [4.78, 5) is 48.0. The minimum atomic E-state index is -0.910. The molecule has 2 heterocycles. The van der Waals surface area contributed by atoms with E-state index in [0.717, 1.165) is 10.5 Å². The maximum atomic E-state index is 12.9. The van der Waals surface area contributed by atoms with Gasteiger partial charge < -0.3 is 19.7 Å². The zero-order chi connectivity index (χ0) is 23.3. The summed E-state index contributed by atoms with van der Waals surface area (Å²) in [6, 6.07) is 7.15. The van der Waals surface area contributed by atoms with Crippen LogP contribution in [-0.2, 0) is 9.59 Å². The van der Waals surface area contributed by atoms with Gasteiger partial charge in [0.05, 0.1) is 6.21 Å². The number of aromatic hydroxyl groups is 1. The molecule has 168 valence electrons. The molecule has 0 saturated carbocycles. The Bertz CT molecular complexity index is 1060. The Morgan fingerprint density at radius 3 is 2.62 bits per heavy atom. The summed E-state index contributed by atoms with van der Waals surface area (Å²) in [5.74, 6) is -2.07. The van der Waals surface area contributed by atoms with Crippen LogP contribution in [-0.4, -0.2) is 63.6 Å². The van der Waals surface area contributed by atoms with Crippen LogP contribution in [0.15, 0.2) is 51.5 Å². The van der Waals surface area contributed by atoms with Crippen LogP contribution < -0.4 is 5.32 Å². The molecule has 1 aliphatic heterocycles. The van der Waals surface area contributed by atoms with Gasteiger partial charge in [0.25, 0.3) is 0 Å². The minimum absolute atomic E-state index is 0.00618. The Morgan fingerprint density at radius 2 is 1.97 bits per heavy atom. The molecular formula is C22H25N5O5. The van der Waals surface area contributed by atoms with Crippen LogP contribution in [0.3, 0.4) is 0 Å². The first-order chi connectivity index (χ1) is 15.3. The average molecular weight is 439 g/mol. The number of aliphatic imine (C=N–C) groups is 1. The van der Waals surface area contributed by atoms with Crippen molar-refractivity contribution in [2.24, 2.45) is 4.99 Å². The van der Waals surface area contributed by atoms with Gasteiger partial charge in [0, 0.05) is 25.8 Å². The molecule has 10 heteroatoms. The summed E-state index contributed by atoms with van der Waals surface area (Å²) in [5.41, 5.74) is 1.66. The number of likely N-dealkylation sites (N-methyl/N-ethyl adjacent to an activating group) is 1. The molecule has 2 N–H and O–H groups in total. The Balaban J connectivity index is 1.88. The molecule has 4 amide bonds. The summed E-state index contributed by atoms with van der Waals surface area (Å²) in [7, 11) is 0. The van der Waals surface area contributed by atoms with Crippen molar-refractivity contribution in [2.75, 3.05) is 19.6 Å². The maximum Gasteiger partial charge on any atom is 0.325 e. The van der Waals surface area contributed by atoms with E-state index in [0.29, 0.717) is 12.1 Å². The summed E-state index contributed by atoms with van der Waals surface area (Å²) in [6.07, 6.45) is 2.94. The molecule has 0 unspecified atom stereocenters. The lowest BCUT2D eigenvalue weighted by Gasteiger charge is -2.32. The molecule has 10 nitrogen and oxygen atoms in total. The third-order valence-corrected chi connectivity index (χ3v) is 4.76. The number of piperazine rings is 1. The Hall–Kier alpha value is -3.95. The number of rotatable bonds is 6. The summed E-state index contributed by atoms with van der Waals surface area (Å²) in [6.45, 7) is 6.23. The fourth-order valence-electron chi connectivity index (χ4n) is 3.11. The Morgan fingerprint density at radius 1 is 1.25 bits per heavy atom. The lowest BCUT2D eigenvalue weighted by Crippen LogP contribution is -2.58. The molecule has 32 heavy (non-hydrogen) atoms. The van der Waals surface area contributed by atoms with Crippen molar-refractivity contribution in [2.45, 2.75) is 26.8 Å². The van der Waals surface area contributed by atoms with Gasteiger partial charge in [-0.25, -0.2) is 9.78 Å². The second kappa shape index (κ2) is 9.90. The first-order valence-corrected chi connectivity index (χ1v) is 10.1. The maximum absolute atomic E-state index is 12.9. The third-order valence-electron chi connectivity index (χ3n) is 4.76. The number of urea groups is 1. The van der Waals surface area contributed by atoms with Gasteiger partial charge in [-0.2, -0.15) is 0 Å². The molecule has 1 aliphatic rings. The van der Waals surface area contributed by atoms with Gasteiger partial charge in [-0.1, -0.05) is 35.9 Å². The van der Waals surface area contributed by atoms with Crippen molar-refractivity contribution in [3.05, 3.63) is 59.3 Å². The fraction of sp³-hybridized carbons (Fsp3) is 0.318. The van der Waals surface area contributed by atoms with Gasteiger partial charge >= 0.3 is 23.8 Å². The first kappa shape index (κ1) is 22.7. The standard InChI is InChI=1S/C22H25N5O5/c1-4-26-10-11-27(20(29)19(26)28)22(31)25-17(15-8-6-5-7-9-15)18-24-16(21(30)32-18)13-23-12-14(2)3/h5-9,12-13,17,30H,4,10-11H2,1-3H3,(H,25,31)/t17-/m1/s1. The van der Waals surface area contributed by atoms with E-state index in [1.54, 1.807) is 43.5 Å². The smallest absolute Gasteiger partial charge is 0.325 e. The van der Waals surface area contributed by atoms with Crippen LogP contribution in [0.25, 0.3) is 0 Å². The van der Waals surface area contributed by atoms with Crippen molar-refractivity contribution in [3.63, 3.8) is 0 Å². The van der Waals surface area contributed by atoms with E-state index in [-0.39, 0.29) is 24.7 Å². The summed E-state index contributed by atoms with van der Waals surface area (Å²) in [5, 5.41) is 12.8. The van der Waals surface area contributed by atoms with Crippen LogP contribution in [0.5, 0.6) is 5.95 Å². The molecule has 1 aromatic heterocycles. The van der Waals surface area contributed by atoms with Crippen molar-refractivity contribution >= 4 is 24.1 Å². The number of carbonyl (C=O) groups is 3. The SMILES string of the molecule is CCN1CCN(C(=O)N[C@H](c2ccccc2)c2nc(C=NC=C(C)C)c(O)o2)C(=O)C1=O. The van der Waals surface area contributed by atoms with E-state index in [2.05, 4.69) is 15.3 Å². The number of amides is 4. The van der Waals surface area contributed by atoms with Crippen molar-refractivity contribution in [3.8, 4) is 5.95 Å². The van der Waals surface area contributed by atoms with Crippen LogP contribution >= 0.6 is 0 Å². The quantitative estimate of drug-likeness (QED) is 0.525. The number of hydrogen-bond donors (Lipinski definition) is 2. The van der Waals surface area contributed by atoms with Crippen LogP contribution in [0.4, 0.5) is 4.79 Å². The molecule has 2 aromatic rings. The number of nitrogens with one attached hydrogen (secondary N) is 1. The predicted octanol–water partition coefficient (Wildman–Crippen LogP) is 2.21. The monoisotopic (exact) mass is 439 g/mol. The fourth-order valence-corrected chi connectivity index (χ4v) is 3.11. The average Bonchev–Trinajstić information content (AvgIpc) is 3.14.